The summed E-state index contributed by atoms with van der Waals surface area (Å²) in [6.45, 7) is 3.96. The van der Waals surface area contributed by atoms with Crippen molar-refractivity contribution in [2.45, 2.75) is 11.8 Å². The Morgan fingerprint density at radius 2 is 1.63 bits per heavy atom. The molecule has 0 saturated carbocycles. The van der Waals surface area contributed by atoms with Crippen LogP contribution in [0.25, 0.3) is 0 Å². The van der Waals surface area contributed by atoms with Gasteiger partial charge in [-0.1, -0.05) is 31.2 Å². The Morgan fingerprint density at radius 1 is 1.00 bits per heavy atom. The smallest absolute Gasteiger partial charge is 0.255 e. The van der Waals surface area contributed by atoms with Gasteiger partial charge < -0.3 is 14.5 Å². The highest BCUT2D eigenvalue weighted by Gasteiger charge is 2.27. The highest BCUT2D eigenvalue weighted by atomic mass is 32.2. The average molecular weight is 388 g/mol. The van der Waals surface area contributed by atoms with Gasteiger partial charge in [-0.05, 0) is 24.3 Å². The second kappa shape index (κ2) is 8.00. The van der Waals surface area contributed by atoms with Gasteiger partial charge in [0.05, 0.1) is 29.0 Å². The van der Waals surface area contributed by atoms with Crippen LogP contribution in [-0.2, 0) is 9.84 Å². The first-order chi connectivity index (χ1) is 13.0. The van der Waals surface area contributed by atoms with Gasteiger partial charge in [-0.15, -0.1) is 0 Å². The van der Waals surface area contributed by atoms with E-state index in [1.165, 1.54) is 6.07 Å². The van der Waals surface area contributed by atoms with Gasteiger partial charge in [-0.25, -0.2) is 8.42 Å². The van der Waals surface area contributed by atoms with Crippen molar-refractivity contribution < 1.29 is 17.9 Å². The molecule has 0 radical (unpaired) electrons. The Bertz CT molecular complexity index is 919. The van der Waals surface area contributed by atoms with Crippen LogP contribution >= 0.6 is 0 Å². The molecule has 144 valence electrons. The quantitative estimate of drug-likeness (QED) is 0.787. The predicted molar refractivity (Wildman–Crippen MR) is 105 cm³/mol. The number of rotatable bonds is 5. The molecular weight excluding hydrogens is 364 g/mol. The van der Waals surface area contributed by atoms with Crippen molar-refractivity contribution in [2.75, 3.05) is 43.9 Å². The van der Waals surface area contributed by atoms with Crippen LogP contribution in [-0.4, -0.2) is 58.3 Å². The van der Waals surface area contributed by atoms with E-state index >= 15 is 0 Å². The van der Waals surface area contributed by atoms with Crippen molar-refractivity contribution in [3.8, 4) is 5.75 Å². The number of nitrogens with zero attached hydrogens (tertiary/aromatic N) is 2. The lowest BCUT2D eigenvalue weighted by Gasteiger charge is -2.36. The summed E-state index contributed by atoms with van der Waals surface area (Å²) < 4.78 is 30.1. The van der Waals surface area contributed by atoms with E-state index in [-0.39, 0.29) is 22.1 Å². The zero-order valence-corrected chi connectivity index (χ0v) is 16.4. The molecule has 27 heavy (non-hydrogen) atoms. The third-order valence-corrected chi connectivity index (χ3v) is 6.61. The predicted octanol–water partition coefficient (Wildman–Crippen LogP) is 2.45. The minimum Gasteiger partial charge on any atom is -0.495 e. The summed E-state index contributed by atoms with van der Waals surface area (Å²) in [5.41, 5.74) is 1.26. The molecule has 1 fully saturated rings. The molecule has 0 bridgehead atoms. The third kappa shape index (κ3) is 3.93. The molecule has 0 atom stereocenters. The number of methoxy groups -OCH3 is 1. The van der Waals surface area contributed by atoms with Crippen LogP contribution in [0.15, 0.2) is 53.4 Å². The van der Waals surface area contributed by atoms with E-state index < -0.39 is 9.84 Å². The van der Waals surface area contributed by atoms with E-state index in [4.69, 9.17) is 4.74 Å². The SMILES string of the molecule is CCS(=O)(=O)c1ccccc1C(=O)N1CCN(c2ccccc2OC)CC1. The lowest BCUT2D eigenvalue weighted by molar-refractivity contribution is 0.0743. The molecule has 1 aliphatic heterocycles. The highest BCUT2D eigenvalue weighted by molar-refractivity contribution is 7.91. The molecule has 1 saturated heterocycles. The number of piperazine rings is 1. The monoisotopic (exact) mass is 388 g/mol. The van der Waals surface area contributed by atoms with Gasteiger partial charge in [0.1, 0.15) is 5.75 Å². The summed E-state index contributed by atoms with van der Waals surface area (Å²) in [5, 5.41) is 0. The van der Waals surface area contributed by atoms with Gasteiger partial charge in [0.25, 0.3) is 5.91 Å². The van der Waals surface area contributed by atoms with E-state index in [9.17, 15) is 13.2 Å². The Labute approximate surface area is 160 Å². The third-order valence-electron chi connectivity index (χ3n) is 4.83. The number of benzene rings is 2. The van der Waals surface area contributed by atoms with Gasteiger partial charge >= 0.3 is 0 Å². The summed E-state index contributed by atoms with van der Waals surface area (Å²) >= 11 is 0. The minimum atomic E-state index is -3.45. The molecule has 6 nitrogen and oxygen atoms in total. The average Bonchev–Trinajstić information content (AvgIpc) is 2.73. The molecule has 0 aliphatic carbocycles. The Balaban J connectivity index is 1.77. The molecule has 7 heteroatoms. The van der Waals surface area contributed by atoms with E-state index in [2.05, 4.69) is 4.90 Å². The van der Waals surface area contributed by atoms with Gasteiger partial charge in [-0.3, -0.25) is 4.79 Å². The lowest BCUT2D eigenvalue weighted by Crippen LogP contribution is -2.49. The van der Waals surface area contributed by atoms with Crippen molar-refractivity contribution in [3.63, 3.8) is 0 Å². The van der Waals surface area contributed by atoms with Crippen LogP contribution in [0, 0.1) is 0 Å². The first-order valence-corrected chi connectivity index (χ1v) is 10.6. The maximum Gasteiger partial charge on any atom is 0.255 e. The normalized spacial score (nSPS) is 14.9. The van der Waals surface area contributed by atoms with Gasteiger partial charge in [-0.2, -0.15) is 0 Å². The number of para-hydroxylation sites is 2. The molecule has 0 aromatic heterocycles. The molecule has 1 aliphatic rings. The van der Waals surface area contributed by atoms with Crippen molar-refractivity contribution >= 4 is 21.4 Å². The minimum absolute atomic E-state index is 0.0289. The zero-order valence-electron chi connectivity index (χ0n) is 15.6. The van der Waals surface area contributed by atoms with Gasteiger partial charge in [0.15, 0.2) is 9.84 Å². The van der Waals surface area contributed by atoms with E-state index in [0.717, 1.165) is 11.4 Å². The number of hydrogen-bond donors (Lipinski definition) is 0. The Hall–Kier alpha value is -2.54. The maximum atomic E-state index is 13.0. The first-order valence-electron chi connectivity index (χ1n) is 8.97. The fraction of sp³-hybridized carbons (Fsp3) is 0.350. The maximum absolute atomic E-state index is 13.0. The number of amides is 1. The van der Waals surface area contributed by atoms with E-state index in [1.54, 1.807) is 37.1 Å². The van der Waals surface area contributed by atoms with Crippen molar-refractivity contribution in [1.29, 1.82) is 0 Å². The lowest BCUT2D eigenvalue weighted by atomic mass is 10.1. The van der Waals surface area contributed by atoms with E-state index in [0.29, 0.717) is 26.2 Å². The van der Waals surface area contributed by atoms with Crippen LogP contribution in [0.4, 0.5) is 5.69 Å². The number of ether oxygens (including phenoxy) is 1. The fourth-order valence-corrected chi connectivity index (χ4v) is 4.37. The molecule has 0 unspecified atom stereocenters. The van der Waals surface area contributed by atoms with E-state index in [1.807, 2.05) is 24.3 Å². The summed E-state index contributed by atoms with van der Waals surface area (Å²) in [4.78, 5) is 17.0. The molecule has 1 heterocycles. The number of carbonyl (C=O) groups excluding carboxylic acids is 1. The molecule has 0 N–H and O–H groups in total. The van der Waals surface area contributed by atoms with Gasteiger partial charge in [0, 0.05) is 26.2 Å². The van der Waals surface area contributed by atoms with Crippen LogP contribution in [0.1, 0.15) is 17.3 Å². The highest BCUT2D eigenvalue weighted by Crippen LogP contribution is 2.29. The summed E-state index contributed by atoms with van der Waals surface area (Å²) in [5.74, 6) is 0.540. The second-order valence-corrected chi connectivity index (χ2v) is 8.60. The first kappa shape index (κ1) is 19.2. The standard InChI is InChI=1S/C20H24N2O4S/c1-3-27(24,25)19-11-7-4-8-16(19)20(23)22-14-12-21(13-15-22)17-9-5-6-10-18(17)26-2/h4-11H,3,12-15H2,1-2H3. The largest absolute Gasteiger partial charge is 0.495 e. The van der Waals surface area contributed by atoms with Crippen LogP contribution in [0.5, 0.6) is 5.75 Å². The number of carbonyl (C=O) groups is 1. The molecule has 3 rings (SSSR count). The molecule has 2 aromatic rings. The fourth-order valence-electron chi connectivity index (χ4n) is 3.28. The summed E-state index contributed by atoms with van der Waals surface area (Å²) in [6.07, 6.45) is 0. The van der Waals surface area contributed by atoms with Crippen LogP contribution in [0.3, 0.4) is 0 Å². The van der Waals surface area contributed by atoms with Crippen molar-refractivity contribution in [1.82, 2.24) is 4.90 Å². The molecule has 0 spiro atoms. The van der Waals surface area contributed by atoms with Crippen LogP contribution in [0.2, 0.25) is 0 Å². The van der Waals surface area contributed by atoms with Crippen LogP contribution < -0.4 is 9.64 Å². The number of sulfone groups is 1. The summed E-state index contributed by atoms with van der Waals surface area (Å²) in [6, 6.07) is 14.3. The number of anilines is 1. The van der Waals surface area contributed by atoms with Crippen molar-refractivity contribution in [3.05, 3.63) is 54.1 Å². The van der Waals surface area contributed by atoms with Gasteiger partial charge in [0.2, 0.25) is 0 Å². The molecule has 2 aromatic carbocycles. The molecule has 1 amide bonds. The van der Waals surface area contributed by atoms with Crippen molar-refractivity contribution in [2.24, 2.45) is 0 Å². The number of hydrogen-bond acceptors (Lipinski definition) is 5. The Morgan fingerprint density at radius 3 is 2.30 bits per heavy atom. The summed E-state index contributed by atoms with van der Waals surface area (Å²) in [7, 11) is -1.81. The topological polar surface area (TPSA) is 66.9 Å². The zero-order chi connectivity index (χ0) is 19.4. The Kier molecular flexibility index (Phi) is 5.70. The second-order valence-electron chi connectivity index (χ2n) is 6.35. The molecular formula is C20H24N2O4S.